The summed E-state index contributed by atoms with van der Waals surface area (Å²) < 4.78 is 23.8. The molecule has 156 valence electrons. The molecular formula is C21H20FN3O4S. The van der Waals surface area contributed by atoms with Crippen LogP contribution in [0.1, 0.15) is 17.6 Å². The van der Waals surface area contributed by atoms with Crippen LogP contribution in [-0.4, -0.2) is 23.9 Å². The minimum absolute atomic E-state index is 0.0700. The molecule has 0 saturated carbocycles. The number of halogens is 1. The first-order valence-corrected chi connectivity index (χ1v) is 9.88. The summed E-state index contributed by atoms with van der Waals surface area (Å²) in [4.78, 5) is 28.1. The maximum Gasteiger partial charge on any atom is 0.230 e. The van der Waals surface area contributed by atoms with E-state index in [4.69, 9.17) is 9.47 Å². The van der Waals surface area contributed by atoms with Gasteiger partial charge in [-0.15, -0.1) is 11.3 Å². The highest BCUT2D eigenvalue weighted by Crippen LogP contribution is 2.28. The molecule has 30 heavy (non-hydrogen) atoms. The van der Waals surface area contributed by atoms with Crippen molar-refractivity contribution in [3.63, 3.8) is 0 Å². The topological polar surface area (TPSA) is 89.6 Å². The summed E-state index contributed by atoms with van der Waals surface area (Å²) in [5.74, 6) is 0.199. The molecule has 1 aromatic heterocycles. The van der Waals surface area contributed by atoms with Crippen molar-refractivity contribution in [3.8, 4) is 11.5 Å². The largest absolute Gasteiger partial charge is 0.495 e. The third-order valence-electron chi connectivity index (χ3n) is 3.91. The molecule has 3 rings (SSSR count). The van der Waals surface area contributed by atoms with Crippen molar-refractivity contribution < 1.29 is 23.5 Å². The van der Waals surface area contributed by atoms with Gasteiger partial charge in [-0.05, 0) is 42.5 Å². The molecule has 7 nitrogen and oxygen atoms in total. The molecule has 0 fully saturated rings. The van der Waals surface area contributed by atoms with Gasteiger partial charge in [0.15, 0.2) is 0 Å². The molecule has 0 aliphatic carbocycles. The van der Waals surface area contributed by atoms with Gasteiger partial charge in [-0.25, -0.2) is 9.37 Å². The zero-order valence-electron chi connectivity index (χ0n) is 16.4. The fourth-order valence-corrected chi connectivity index (χ4v) is 3.32. The van der Waals surface area contributed by atoms with E-state index in [-0.39, 0.29) is 30.7 Å². The summed E-state index contributed by atoms with van der Waals surface area (Å²) in [5.41, 5.74) is 1.60. The van der Waals surface area contributed by atoms with Crippen molar-refractivity contribution in [2.45, 2.75) is 20.0 Å². The summed E-state index contributed by atoms with van der Waals surface area (Å²) in [5, 5.41) is 7.93. The van der Waals surface area contributed by atoms with E-state index in [1.54, 1.807) is 35.7 Å². The van der Waals surface area contributed by atoms with Gasteiger partial charge in [0.2, 0.25) is 11.8 Å². The van der Waals surface area contributed by atoms with Crippen LogP contribution in [-0.2, 0) is 22.6 Å². The number of nitrogens with one attached hydrogen (secondary N) is 2. The molecule has 0 aliphatic heterocycles. The number of carbonyl (C=O) groups is 2. The summed E-state index contributed by atoms with van der Waals surface area (Å²) >= 11 is 1.37. The van der Waals surface area contributed by atoms with Crippen LogP contribution in [0.4, 0.5) is 15.8 Å². The van der Waals surface area contributed by atoms with Crippen LogP contribution in [0.2, 0.25) is 0 Å². The average Bonchev–Trinajstić information content (AvgIpc) is 3.14. The maximum atomic E-state index is 12.9. The Labute approximate surface area is 176 Å². The Hall–Kier alpha value is -3.46. The van der Waals surface area contributed by atoms with Crippen molar-refractivity contribution >= 4 is 34.5 Å². The van der Waals surface area contributed by atoms with Gasteiger partial charge in [0.25, 0.3) is 0 Å². The standard InChI is InChI=1S/C21H20FN3O4S/c1-13(26)23-15-5-8-19(28-2)18(9-15)25-20(27)10-16-12-30-21(24-16)11-29-17-6-3-14(22)4-7-17/h3-9,12H,10-11H2,1-2H3,(H,23,26)(H,25,27). The Bertz CT molecular complexity index is 1040. The molecule has 1 heterocycles. The van der Waals surface area contributed by atoms with E-state index >= 15 is 0 Å². The summed E-state index contributed by atoms with van der Waals surface area (Å²) in [6, 6.07) is 10.7. The number of hydrogen-bond acceptors (Lipinski definition) is 6. The van der Waals surface area contributed by atoms with E-state index in [1.165, 1.54) is 37.5 Å². The molecule has 0 atom stereocenters. The second kappa shape index (κ2) is 9.84. The van der Waals surface area contributed by atoms with Crippen molar-refractivity contribution in [1.82, 2.24) is 4.98 Å². The first-order valence-electron chi connectivity index (χ1n) is 9.00. The lowest BCUT2D eigenvalue weighted by atomic mass is 10.2. The fraction of sp³-hybridized carbons (Fsp3) is 0.190. The number of anilines is 2. The second-order valence-electron chi connectivity index (χ2n) is 6.30. The third-order valence-corrected chi connectivity index (χ3v) is 4.78. The quantitative estimate of drug-likeness (QED) is 0.565. The predicted octanol–water partition coefficient (Wildman–Crippen LogP) is 4.01. The molecule has 3 aromatic rings. The van der Waals surface area contributed by atoms with E-state index < -0.39 is 0 Å². The lowest BCUT2D eigenvalue weighted by molar-refractivity contribution is -0.116. The monoisotopic (exact) mass is 429 g/mol. The molecule has 0 saturated heterocycles. The number of carbonyl (C=O) groups excluding carboxylic acids is 2. The SMILES string of the molecule is COc1ccc(NC(C)=O)cc1NC(=O)Cc1csc(COc2ccc(F)cc2)n1. The molecule has 0 radical (unpaired) electrons. The van der Waals surface area contributed by atoms with Crippen LogP contribution in [0.15, 0.2) is 47.8 Å². The highest BCUT2D eigenvalue weighted by molar-refractivity contribution is 7.09. The third kappa shape index (κ3) is 6.02. The zero-order valence-corrected chi connectivity index (χ0v) is 17.2. The van der Waals surface area contributed by atoms with Crippen molar-refractivity contribution in [1.29, 1.82) is 0 Å². The van der Waals surface area contributed by atoms with Crippen molar-refractivity contribution in [3.05, 3.63) is 64.4 Å². The zero-order chi connectivity index (χ0) is 21.5. The molecule has 0 unspecified atom stereocenters. The van der Waals surface area contributed by atoms with Gasteiger partial charge in [0.05, 0.1) is 24.9 Å². The number of methoxy groups -OCH3 is 1. The van der Waals surface area contributed by atoms with Gasteiger partial charge >= 0.3 is 0 Å². The van der Waals surface area contributed by atoms with Gasteiger partial charge in [-0.1, -0.05) is 0 Å². The fourth-order valence-electron chi connectivity index (χ4n) is 2.62. The van der Waals surface area contributed by atoms with Crippen molar-refractivity contribution in [2.24, 2.45) is 0 Å². The van der Waals surface area contributed by atoms with Crippen LogP contribution in [0, 0.1) is 5.82 Å². The first-order chi connectivity index (χ1) is 14.4. The Balaban J connectivity index is 1.58. The van der Waals surface area contributed by atoms with Crippen molar-refractivity contribution in [2.75, 3.05) is 17.7 Å². The number of rotatable bonds is 8. The van der Waals surface area contributed by atoms with E-state index in [1.807, 2.05) is 0 Å². The molecule has 0 aliphatic rings. The van der Waals surface area contributed by atoms with E-state index in [0.29, 0.717) is 33.6 Å². The average molecular weight is 429 g/mol. The predicted molar refractivity (Wildman–Crippen MR) is 112 cm³/mol. The minimum atomic E-state index is -0.330. The van der Waals surface area contributed by atoms with Crippen LogP contribution in [0.25, 0.3) is 0 Å². The van der Waals surface area contributed by atoms with Gasteiger partial charge < -0.3 is 20.1 Å². The molecule has 2 N–H and O–H groups in total. The Morgan fingerprint density at radius 3 is 2.60 bits per heavy atom. The highest BCUT2D eigenvalue weighted by atomic mass is 32.1. The molecule has 2 amide bonds. The lowest BCUT2D eigenvalue weighted by Crippen LogP contribution is -2.16. The number of nitrogens with zero attached hydrogens (tertiary/aromatic N) is 1. The Kier molecular flexibility index (Phi) is 6.97. The maximum absolute atomic E-state index is 12.9. The molecule has 2 aromatic carbocycles. The van der Waals surface area contributed by atoms with E-state index in [2.05, 4.69) is 15.6 Å². The van der Waals surface area contributed by atoms with Gasteiger partial charge in [-0.3, -0.25) is 9.59 Å². The highest BCUT2D eigenvalue weighted by Gasteiger charge is 2.12. The summed E-state index contributed by atoms with van der Waals surface area (Å²) in [6.07, 6.45) is 0.0700. The van der Waals surface area contributed by atoms with E-state index in [0.717, 1.165) is 0 Å². The first kappa shape index (κ1) is 21.3. The summed E-state index contributed by atoms with van der Waals surface area (Å²) in [7, 11) is 1.50. The van der Waals surface area contributed by atoms with Gasteiger partial charge in [0.1, 0.15) is 28.9 Å². The van der Waals surface area contributed by atoms with Crippen LogP contribution in [0.3, 0.4) is 0 Å². The van der Waals surface area contributed by atoms with Gasteiger partial charge in [-0.2, -0.15) is 0 Å². The molecule has 0 spiro atoms. The number of ether oxygens (including phenoxy) is 2. The second-order valence-corrected chi connectivity index (χ2v) is 7.24. The smallest absolute Gasteiger partial charge is 0.230 e. The van der Waals surface area contributed by atoms with Gasteiger partial charge in [0, 0.05) is 18.0 Å². The summed E-state index contributed by atoms with van der Waals surface area (Å²) in [6.45, 7) is 1.63. The van der Waals surface area contributed by atoms with Crippen LogP contribution >= 0.6 is 11.3 Å². The molecule has 0 bridgehead atoms. The number of hydrogen-bond donors (Lipinski definition) is 2. The van der Waals surface area contributed by atoms with E-state index in [9.17, 15) is 14.0 Å². The Morgan fingerprint density at radius 1 is 1.13 bits per heavy atom. The number of thiazole rings is 1. The van der Waals surface area contributed by atoms with Crippen LogP contribution < -0.4 is 20.1 Å². The normalized spacial score (nSPS) is 10.4. The number of amides is 2. The minimum Gasteiger partial charge on any atom is -0.495 e. The number of aromatic nitrogens is 1. The molecule has 9 heteroatoms. The lowest BCUT2D eigenvalue weighted by Gasteiger charge is -2.12. The number of benzene rings is 2. The Morgan fingerprint density at radius 2 is 1.90 bits per heavy atom. The van der Waals surface area contributed by atoms with Crippen LogP contribution in [0.5, 0.6) is 11.5 Å². The molecular weight excluding hydrogens is 409 g/mol.